The summed E-state index contributed by atoms with van der Waals surface area (Å²) in [5.74, 6) is 0.980. The molecule has 5 heteroatoms. The van der Waals surface area contributed by atoms with E-state index < -0.39 is 0 Å². The molecule has 0 aliphatic carbocycles. The second-order valence-corrected chi connectivity index (χ2v) is 7.34. The van der Waals surface area contributed by atoms with E-state index in [1.54, 1.807) is 0 Å². The molecule has 4 nitrogen and oxygen atoms in total. The van der Waals surface area contributed by atoms with Crippen LogP contribution >= 0.6 is 11.3 Å². The highest BCUT2D eigenvalue weighted by atomic mass is 32.1. The van der Waals surface area contributed by atoms with Gasteiger partial charge < -0.3 is 10.2 Å². The third-order valence-corrected chi connectivity index (χ3v) is 5.56. The highest BCUT2D eigenvalue weighted by molar-refractivity contribution is 7.12. The number of amides is 1. The summed E-state index contributed by atoms with van der Waals surface area (Å²) in [4.78, 5) is 20.2. The number of hydrogen-bond donors (Lipinski definition) is 1. The van der Waals surface area contributed by atoms with Crippen molar-refractivity contribution in [1.29, 1.82) is 0 Å². The topological polar surface area (TPSA) is 45.2 Å². The van der Waals surface area contributed by atoms with Crippen molar-refractivity contribution in [1.82, 2.24) is 10.3 Å². The van der Waals surface area contributed by atoms with Gasteiger partial charge in [-0.3, -0.25) is 4.79 Å². The van der Waals surface area contributed by atoms with Gasteiger partial charge in [-0.1, -0.05) is 30.3 Å². The minimum absolute atomic E-state index is 0.0293. The zero-order valence-corrected chi connectivity index (χ0v) is 15.3. The number of aromatic nitrogens is 1. The van der Waals surface area contributed by atoms with Crippen molar-refractivity contribution in [2.75, 3.05) is 18.0 Å². The molecule has 0 atom stereocenters. The summed E-state index contributed by atoms with van der Waals surface area (Å²) in [6, 6.07) is 16.1. The second kappa shape index (κ2) is 7.70. The van der Waals surface area contributed by atoms with Crippen molar-refractivity contribution < 1.29 is 4.79 Å². The van der Waals surface area contributed by atoms with E-state index in [1.165, 1.54) is 24.2 Å². The van der Waals surface area contributed by atoms with Crippen molar-refractivity contribution in [3.05, 3.63) is 70.5 Å². The van der Waals surface area contributed by atoms with Crippen LogP contribution in [0.2, 0.25) is 0 Å². The maximum Gasteiger partial charge on any atom is 0.262 e. The van der Waals surface area contributed by atoms with Gasteiger partial charge in [0.15, 0.2) is 0 Å². The highest BCUT2D eigenvalue weighted by Gasteiger charge is 2.16. The summed E-state index contributed by atoms with van der Waals surface area (Å²) in [6.45, 7) is 2.64. The number of thiophene rings is 1. The Hall–Kier alpha value is -2.66. The predicted octanol–water partition coefficient (Wildman–Crippen LogP) is 4.34. The molecule has 1 aromatic carbocycles. The fraction of sp³-hybridized carbons (Fsp3) is 0.238. The van der Waals surface area contributed by atoms with Crippen molar-refractivity contribution in [2.24, 2.45) is 0 Å². The normalized spacial score (nSPS) is 13.8. The molecule has 1 fully saturated rings. The van der Waals surface area contributed by atoms with Gasteiger partial charge in [-0.15, -0.1) is 11.3 Å². The fourth-order valence-electron chi connectivity index (χ4n) is 3.28. The summed E-state index contributed by atoms with van der Waals surface area (Å²) < 4.78 is 0. The fourth-order valence-corrected chi connectivity index (χ4v) is 4.11. The standard InChI is InChI=1S/C21H21N3OS/c25-21(20-18(9-13-26-20)17-6-2-1-3-7-17)23-15-16-8-10-22-19(14-16)24-11-4-5-12-24/h1-3,6-10,13-14H,4-5,11-12,15H2,(H,23,25). The van der Waals surface area contributed by atoms with Crippen LogP contribution in [-0.2, 0) is 6.54 Å². The number of nitrogens with zero attached hydrogens (tertiary/aromatic N) is 2. The molecule has 2 aromatic heterocycles. The van der Waals surface area contributed by atoms with E-state index in [4.69, 9.17) is 0 Å². The minimum Gasteiger partial charge on any atom is -0.357 e. The Balaban J connectivity index is 1.45. The monoisotopic (exact) mass is 363 g/mol. The molecule has 0 bridgehead atoms. The zero-order chi connectivity index (χ0) is 17.8. The first-order valence-electron chi connectivity index (χ1n) is 8.92. The number of benzene rings is 1. The van der Waals surface area contributed by atoms with E-state index in [9.17, 15) is 4.79 Å². The molecular formula is C21H21N3OS. The Labute approximate surface area is 157 Å². The largest absolute Gasteiger partial charge is 0.357 e. The van der Waals surface area contributed by atoms with Crippen molar-refractivity contribution in [2.45, 2.75) is 19.4 Å². The molecule has 26 heavy (non-hydrogen) atoms. The molecule has 3 aromatic rings. The van der Waals surface area contributed by atoms with Crippen molar-refractivity contribution in [3.8, 4) is 11.1 Å². The Morgan fingerprint density at radius 3 is 2.73 bits per heavy atom. The third kappa shape index (κ3) is 3.63. The van der Waals surface area contributed by atoms with Gasteiger partial charge in [0.2, 0.25) is 0 Å². The van der Waals surface area contributed by atoms with E-state index in [-0.39, 0.29) is 5.91 Å². The highest BCUT2D eigenvalue weighted by Crippen LogP contribution is 2.28. The molecule has 1 aliphatic rings. The summed E-state index contributed by atoms with van der Waals surface area (Å²) in [7, 11) is 0. The summed E-state index contributed by atoms with van der Waals surface area (Å²) >= 11 is 1.48. The number of rotatable bonds is 5. The van der Waals surface area contributed by atoms with E-state index in [0.717, 1.165) is 40.5 Å². The Kier molecular flexibility index (Phi) is 4.97. The molecule has 0 radical (unpaired) electrons. The lowest BCUT2D eigenvalue weighted by atomic mass is 10.1. The third-order valence-electron chi connectivity index (χ3n) is 4.65. The number of nitrogens with one attached hydrogen (secondary N) is 1. The van der Waals surface area contributed by atoms with E-state index in [1.807, 2.05) is 54.0 Å². The van der Waals surface area contributed by atoms with Crippen LogP contribution in [0.5, 0.6) is 0 Å². The number of pyridine rings is 1. The van der Waals surface area contributed by atoms with Crippen LogP contribution in [0.15, 0.2) is 60.1 Å². The lowest BCUT2D eigenvalue weighted by Crippen LogP contribution is -2.23. The van der Waals surface area contributed by atoms with Crippen LogP contribution in [0.4, 0.5) is 5.82 Å². The molecular weight excluding hydrogens is 342 g/mol. The molecule has 3 heterocycles. The Bertz CT molecular complexity index is 885. The smallest absolute Gasteiger partial charge is 0.262 e. The molecule has 1 aliphatic heterocycles. The molecule has 0 spiro atoms. The molecule has 1 amide bonds. The van der Waals surface area contributed by atoms with Gasteiger partial charge in [0, 0.05) is 31.4 Å². The Morgan fingerprint density at radius 1 is 1.12 bits per heavy atom. The van der Waals surface area contributed by atoms with E-state index in [2.05, 4.69) is 21.3 Å². The van der Waals surface area contributed by atoms with Gasteiger partial charge in [-0.25, -0.2) is 4.98 Å². The molecule has 1 saturated heterocycles. The zero-order valence-electron chi connectivity index (χ0n) is 14.5. The molecule has 132 valence electrons. The number of anilines is 1. The number of carbonyl (C=O) groups is 1. The maximum atomic E-state index is 12.7. The lowest BCUT2D eigenvalue weighted by molar-refractivity contribution is 0.0955. The second-order valence-electron chi connectivity index (χ2n) is 6.43. The quantitative estimate of drug-likeness (QED) is 0.733. The first-order chi connectivity index (χ1) is 12.8. The molecule has 0 saturated carbocycles. The number of carbonyl (C=O) groups excluding carboxylic acids is 1. The summed E-state index contributed by atoms with van der Waals surface area (Å²) in [6.07, 6.45) is 4.28. The first-order valence-corrected chi connectivity index (χ1v) is 9.80. The average molecular weight is 363 g/mol. The summed E-state index contributed by atoms with van der Waals surface area (Å²) in [5, 5.41) is 5.02. The van der Waals surface area contributed by atoms with Gasteiger partial charge in [0.25, 0.3) is 5.91 Å². The van der Waals surface area contributed by atoms with Crippen molar-refractivity contribution in [3.63, 3.8) is 0 Å². The average Bonchev–Trinajstić information content (AvgIpc) is 3.39. The Morgan fingerprint density at radius 2 is 1.92 bits per heavy atom. The van der Waals surface area contributed by atoms with Gasteiger partial charge in [-0.2, -0.15) is 0 Å². The minimum atomic E-state index is -0.0293. The van der Waals surface area contributed by atoms with Crippen LogP contribution in [-0.4, -0.2) is 24.0 Å². The van der Waals surface area contributed by atoms with Crippen LogP contribution < -0.4 is 10.2 Å². The van der Waals surface area contributed by atoms with Crippen LogP contribution in [0.3, 0.4) is 0 Å². The summed E-state index contributed by atoms with van der Waals surface area (Å²) in [5.41, 5.74) is 3.13. The van der Waals surface area contributed by atoms with Crippen LogP contribution in [0.25, 0.3) is 11.1 Å². The van der Waals surface area contributed by atoms with Gasteiger partial charge in [0.1, 0.15) is 5.82 Å². The molecule has 0 unspecified atom stereocenters. The van der Waals surface area contributed by atoms with Crippen molar-refractivity contribution >= 4 is 23.1 Å². The molecule has 4 rings (SSSR count). The van der Waals surface area contributed by atoms with Crippen LogP contribution in [0, 0.1) is 0 Å². The number of hydrogen-bond acceptors (Lipinski definition) is 4. The predicted molar refractivity (Wildman–Crippen MR) is 107 cm³/mol. The first kappa shape index (κ1) is 16.8. The molecule has 1 N–H and O–H groups in total. The van der Waals surface area contributed by atoms with Crippen LogP contribution in [0.1, 0.15) is 28.1 Å². The van der Waals surface area contributed by atoms with E-state index in [0.29, 0.717) is 6.54 Å². The van der Waals surface area contributed by atoms with Gasteiger partial charge >= 0.3 is 0 Å². The van der Waals surface area contributed by atoms with E-state index >= 15 is 0 Å². The maximum absolute atomic E-state index is 12.7. The van der Waals surface area contributed by atoms with Gasteiger partial charge in [-0.05, 0) is 47.5 Å². The SMILES string of the molecule is O=C(NCc1ccnc(N2CCCC2)c1)c1sccc1-c1ccccc1. The lowest BCUT2D eigenvalue weighted by Gasteiger charge is -2.17. The van der Waals surface area contributed by atoms with Gasteiger partial charge in [0.05, 0.1) is 4.88 Å².